The average Bonchev–Trinajstić information content (AvgIpc) is 3.86. The molecular formula is C48H30N2S. The highest BCUT2D eigenvalue weighted by Crippen LogP contribution is 2.42. The lowest BCUT2D eigenvalue weighted by Gasteiger charge is -2.11. The van der Waals surface area contributed by atoms with Gasteiger partial charge in [0.1, 0.15) is 0 Å². The fourth-order valence-corrected chi connectivity index (χ4v) is 9.41. The normalized spacial score (nSPS) is 11.9. The van der Waals surface area contributed by atoms with Crippen LogP contribution in [0.25, 0.3) is 97.4 Å². The lowest BCUT2D eigenvalue weighted by Crippen LogP contribution is -1.94. The molecule has 0 amide bonds. The molecule has 0 fully saturated rings. The number of nitrogens with zero attached hydrogens (tertiary/aromatic N) is 2. The second-order valence-electron chi connectivity index (χ2n) is 13.3. The van der Waals surface area contributed by atoms with Gasteiger partial charge in [0, 0.05) is 42.7 Å². The van der Waals surface area contributed by atoms with E-state index in [0.29, 0.717) is 0 Å². The van der Waals surface area contributed by atoms with Crippen LogP contribution in [-0.2, 0) is 0 Å². The van der Waals surface area contributed by atoms with Gasteiger partial charge in [-0.1, -0.05) is 121 Å². The molecule has 0 spiro atoms. The number of fused-ring (bicyclic) bond motifs is 9. The standard InChI is InChI=1S/C48H30N2S/c1-2-12-31(13-3-1)32-14-10-15-35(28-32)49-42-20-7-4-16-36(42)40-29-33(24-26-44(40)49)34-25-27-45-41(30-34)37-17-5-8-21-43(37)50(45)46-22-11-19-39-38-18-6-9-23-47(38)51-48(39)46/h1-30H. The summed E-state index contributed by atoms with van der Waals surface area (Å²) in [6.45, 7) is 0. The average molecular weight is 667 g/mol. The second-order valence-corrected chi connectivity index (χ2v) is 14.4. The van der Waals surface area contributed by atoms with Gasteiger partial charge in [-0.15, -0.1) is 11.3 Å². The molecule has 3 aromatic heterocycles. The van der Waals surface area contributed by atoms with Gasteiger partial charge < -0.3 is 9.13 Å². The molecule has 0 radical (unpaired) electrons. The molecule has 238 valence electrons. The maximum absolute atomic E-state index is 2.46. The van der Waals surface area contributed by atoms with E-state index >= 15 is 0 Å². The molecule has 0 unspecified atom stereocenters. The van der Waals surface area contributed by atoms with Crippen molar-refractivity contribution in [3.63, 3.8) is 0 Å². The highest BCUT2D eigenvalue weighted by atomic mass is 32.1. The molecule has 0 N–H and O–H groups in total. The van der Waals surface area contributed by atoms with Crippen LogP contribution in [0.2, 0.25) is 0 Å². The van der Waals surface area contributed by atoms with E-state index in [4.69, 9.17) is 0 Å². The predicted octanol–water partition coefficient (Wildman–Crippen LogP) is 13.6. The van der Waals surface area contributed by atoms with Crippen LogP contribution in [0.4, 0.5) is 0 Å². The van der Waals surface area contributed by atoms with Crippen LogP contribution in [0, 0.1) is 0 Å². The minimum atomic E-state index is 1.16. The zero-order chi connectivity index (χ0) is 33.5. The van der Waals surface area contributed by atoms with E-state index < -0.39 is 0 Å². The first-order valence-corrected chi connectivity index (χ1v) is 18.3. The molecule has 0 aliphatic heterocycles. The fourth-order valence-electron chi connectivity index (χ4n) is 8.21. The molecule has 8 aromatic carbocycles. The summed E-state index contributed by atoms with van der Waals surface area (Å²) in [5.74, 6) is 0. The lowest BCUT2D eigenvalue weighted by atomic mass is 10.0. The Labute approximate surface area is 298 Å². The number of para-hydroxylation sites is 2. The first kappa shape index (κ1) is 28.4. The molecule has 0 saturated heterocycles. The van der Waals surface area contributed by atoms with E-state index in [1.165, 1.54) is 91.7 Å². The van der Waals surface area contributed by atoms with Crippen molar-refractivity contribution in [2.75, 3.05) is 0 Å². The summed E-state index contributed by atoms with van der Waals surface area (Å²) in [5, 5.41) is 7.68. The molecule has 3 heteroatoms. The van der Waals surface area contributed by atoms with Crippen LogP contribution in [0.15, 0.2) is 182 Å². The summed E-state index contributed by atoms with van der Waals surface area (Å²) in [5.41, 5.74) is 12.1. The van der Waals surface area contributed by atoms with Crippen LogP contribution in [0.5, 0.6) is 0 Å². The van der Waals surface area contributed by atoms with E-state index in [9.17, 15) is 0 Å². The van der Waals surface area contributed by atoms with Crippen LogP contribution in [-0.4, -0.2) is 9.13 Å². The molecule has 11 aromatic rings. The third-order valence-electron chi connectivity index (χ3n) is 10.5. The molecule has 3 heterocycles. The van der Waals surface area contributed by atoms with Gasteiger partial charge in [0.15, 0.2) is 0 Å². The third kappa shape index (κ3) is 4.29. The van der Waals surface area contributed by atoms with Crippen LogP contribution >= 0.6 is 11.3 Å². The van der Waals surface area contributed by atoms with E-state index in [1.54, 1.807) is 0 Å². The van der Waals surface area contributed by atoms with Crippen molar-refractivity contribution in [3.05, 3.63) is 182 Å². The molecule has 11 rings (SSSR count). The molecule has 0 saturated carbocycles. The Kier molecular flexibility index (Phi) is 6.16. The van der Waals surface area contributed by atoms with Gasteiger partial charge in [0.2, 0.25) is 0 Å². The van der Waals surface area contributed by atoms with Crippen molar-refractivity contribution in [1.82, 2.24) is 9.13 Å². The minimum absolute atomic E-state index is 1.16. The Hall–Kier alpha value is -6.42. The molecule has 2 nitrogen and oxygen atoms in total. The minimum Gasteiger partial charge on any atom is -0.309 e. The second kappa shape index (κ2) is 11.0. The number of hydrogen-bond acceptors (Lipinski definition) is 1. The molecule has 0 atom stereocenters. The van der Waals surface area contributed by atoms with Crippen molar-refractivity contribution in [2.24, 2.45) is 0 Å². The predicted molar refractivity (Wildman–Crippen MR) is 219 cm³/mol. The van der Waals surface area contributed by atoms with Gasteiger partial charge in [0.05, 0.1) is 32.5 Å². The number of benzene rings is 8. The Morgan fingerprint density at radius 3 is 1.59 bits per heavy atom. The fraction of sp³-hybridized carbons (Fsp3) is 0. The van der Waals surface area contributed by atoms with Crippen molar-refractivity contribution >= 4 is 75.1 Å². The summed E-state index contributed by atoms with van der Waals surface area (Å²) in [7, 11) is 0. The number of thiophene rings is 1. The Balaban J connectivity index is 1.09. The van der Waals surface area contributed by atoms with E-state index in [-0.39, 0.29) is 0 Å². The van der Waals surface area contributed by atoms with Gasteiger partial charge in [-0.25, -0.2) is 0 Å². The maximum atomic E-state index is 2.46. The highest BCUT2D eigenvalue weighted by Gasteiger charge is 2.18. The third-order valence-corrected chi connectivity index (χ3v) is 11.7. The number of aromatic nitrogens is 2. The van der Waals surface area contributed by atoms with Crippen molar-refractivity contribution in [2.45, 2.75) is 0 Å². The summed E-state index contributed by atoms with van der Waals surface area (Å²) < 4.78 is 7.52. The topological polar surface area (TPSA) is 9.86 Å². The van der Waals surface area contributed by atoms with Crippen LogP contribution < -0.4 is 0 Å². The van der Waals surface area contributed by atoms with E-state index in [1.807, 2.05) is 11.3 Å². The van der Waals surface area contributed by atoms with Crippen molar-refractivity contribution in [1.29, 1.82) is 0 Å². The molecule has 0 aliphatic rings. The number of rotatable bonds is 4. The van der Waals surface area contributed by atoms with Crippen molar-refractivity contribution in [3.8, 4) is 33.6 Å². The number of hydrogen-bond donors (Lipinski definition) is 0. The van der Waals surface area contributed by atoms with E-state index in [0.717, 1.165) is 5.69 Å². The summed E-state index contributed by atoms with van der Waals surface area (Å²) >= 11 is 1.88. The smallest absolute Gasteiger partial charge is 0.0640 e. The van der Waals surface area contributed by atoms with Gasteiger partial charge in [-0.2, -0.15) is 0 Å². The Bertz CT molecular complexity index is 3140. The summed E-state index contributed by atoms with van der Waals surface area (Å²) in [6, 6.07) is 66.6. The lowest BCUT2D eigenvalue weighted by molar-refractivity contribution is 1.18. The summed E-state index contributed by atoms with van der Waals surface area (Å²) in [4.78, 5) is 0. The van der Waals surface area contributed by atoms with Gasteiger partial charge >= 0.3 is 0 Å². The molecule has 0 aliphatic carbocycles. The van der Waals surface area contributed by atoms with Crippen molar-refractivity contribution < 1.29 is 0 Å². The molecule has 51 heavy (non-hydrogen) atoms. The monoisotopic (exact) mass is 666 g/mol. The Morgan fingerprint density at radius 1 is 0.314 bits per heavy atom. The molecular weight excluding hydrogens is 637 g/mol. The van der Waals surface area contributed by atoms with Crippen LogP contribution in [0.3, 0.4) is 0 Å². The molecule has 0 bridgehead atoms. The summed E-state index contributed by atoms with van der Waals surface area (Å²) in [6.07, 6.45) is 0. The first-order chi connectivity index (χ1) is 25.3. The SMILES string of the molecule is c1ccc(-c2cccc(-n3c4ccccc4c4cc(-c5ccc6c(c5)c5ccccc5n6-c5cccc6c5sc5ccccc56)ccc43)c2)cc1. The zero-order valence-corrected chi connectivity index (χ0v) is 28.4. The largest absolute Gasteiger partial charge is 0.309 e. The zero-order valence-electron chi connectivity index (χ0n) is 27.6. The quantitative estimate of drug-likeness (QED) is 0.177. The van der Waals surface area contributed by atoms with E-state index in [2.05, 4.69) is 191 Å². The van der Waals surface area contributed by atoms with Gasteiger partial charge in [-0.3, -0.25) is 0 Å². The van der Waals surface area contributed by atoms with Gasteiger partial charge in [-0.05, 0) is 82.9 Å². The first-order valence-electron chi connectivity index (χ1n) is 17.4. The van der Waals surface area contributed by atoms with Crippen LogP contribution in [0.1, 0.15) is 0 Å². The highest BCUT2D eigenvalue weighted by molar-refractivity contribution is 7.26. The maximum Gasteiger partial charge on any atom is 0.0640 e. The van der Waals surface area contributed by atoms with Gasteiger partial charge in [0.25, 0.3) is 0 Å². The Morgan fingerprint density at radius 2 is 0.843 bits per heavy atom.